The first kappa shape index (κ1) is 23.7. The highest BCUT2D eigenvalue weighted by atomic mass is 16.5. The molecule has 0 atom stereocenters. The molecule has 0 N–H and O–H groups in total. The number of methoxy groups -OCH3 is 1. The van der Waals surface area contributed by atoms with Crippen molar-refractivity contribution >= 4 is 11.7 Å². The highest BCUT2D eigenvalue weighted by Gasteiger charge is 2.18. The Morgan fingerprint density at radius 2 is 1.47 bits per heavy atom. The van der Waals surface area contributed by atoms with Crippen LogP contribution < -0.4 is 11.2 Å². The molecule has 1 aromatic heterocycles. The van der Waals surface area contributed by atoms with E-state index in [1.165, 1.54) is 21.6 Å². The molecular formula is C27H32N4O3. The van der Waals surface area contributed by atoms with E-state index >= 15 is 0 Å². The lowest BCUT2D eigenvalue weighted by molar-refractivity contribution is 0.193. The molecule has 0 radical (unpaired) electrons. The highest BCUT2D eigenvalue weighted by molar-refractivity contribution is 5.84. The van der Waals surface area contributed by atoms with E-state index < -0.39 is 5.69 Å². The van der Waals surface area contributed by atoms with Crippen LogP contribution in [-0.4, -0.2) is 46.7 Å². The Hall–Kier alpha value is -3.45. The summed E-state index contributed by atoms with van der Waals surface area (Å²) in [7, 11) is 1.71. The molecule has 7 heteroatoms. The molecule has 1 aliphatic rings. The van der Waals surface area contributed by atoms with Crippen molar-refractivity contribution in [1.29, 1.82) is 0 Å². The lowest BCUT2D eigenvalue weighted by Crippen LogP contribution is -2.38. The van der Waals surface area contributed by atoms with Gasteiger partial charge in [0.2, 0.25) is 0 Å². The molecule has 0 amide bonds. The zero-order valence-corrected chi connectivity index (χ0v) is 19.7. The number of rotatable bonds is 8. The maximum atomic E-state index is 13.7. The smallest absolute Gasteiger partial charge is 0.341 e. The summed E-state index contributed by atoms with van der Waals surface area (Å²) in [6.45, 7) is 2.59. The summed E-state index contributed by atoms with van der Waals surface area (Å²) < 4.78 is 7.94. The number of aliphatic imine (C=N–C) groups is 1. The van der Waals surface area contributed by atoms with Crippen molar-refractivity contribution in [2.45, 2.75) is 38.5 Å². The van der Waals surface area contributed by atoms with Crippen molar-refractivity contribution in [3.63, 3.8) is 0 Å². The van der Waals surface area contributed by atoms with Gasteiger partial charge in [0.25, 0.3) is 5.56 Å². The van der Waals surface area contributed by atoms with Crippen LogP contribution in [0.5, 0.6) is 0 Å². The van der Waals surface area contributed by atoms with E-state index in [0.717, 1.165) is 51.0 Å². The van der Waals surface area contributed by atoms with Crippen molar-refractivity contribution in [2.75, 3.05) is 26.8 Å². The molecule has 1 saturated heterocycles. The first-order valence-electron chi connectivity index (χ1n) is 12.0. The van der Waals surface area contributed by atoms with Gasteiger partial charge in [-0.3, -0.25) is 4.79 Å². The Morgan fingerprint density at radius 3 is 2.09 bits per heavy atom. The van der Waals surface area contributed by atoms with Crippen LogP contribution in [0.15, 0.2) is 81.3 Å². The first-order chi connectivity index (χ1) is 16.7. The summed E-state index contributed by atoms with van der Waals surface area (Å²) in [5.74, 6) is 1.29. The lowest BCUT2D eigenvalue weighted by atomic mass is 10.1. The minimum Gasteiger partial charge on any atom is -0.385 e. The molecule has 178 valence electrons. The van der Waals surface area contributed by atoms with Crippen molar-refractivity contribution in [2.24, 2.45) is 4.99 Å². The third-order valence-corrected chi connectivity index (χ3v) is 6.08. The predicted molar refractivity (Wildman–Crippen MR) is 136 cm³/mol. The van der Waals surface area contributed by atoms with Crippen LogP contribution in [-0.2, 0) is 4.74 Å². The molecule has 7 nitrogen and oxygen atoms in total. The molecular weight excluding hydrogens is 428 g/mol. The van der Waals surface area contributed by atoms with Crippen LogP contribution >= 0.6 is 0 Å². The number of nitrogens with zero attached hydrogens (tertiary/aromatic N) is 4. The van der Waals surface area contributed by atoms with E-state index in [1.807, 2.05) is 48.5 Å². The summed E-state index contributed by atoms with van der Waals surface area (Å²) in [6, 6.07) is 19.9. The summed E-state index contributed by atoms with van der Waals surface area (Å²) in [6.07, 6.45) is 6.10. The average molecular weight is 461 g/mol. The van der Waals surface area contributed by atoms with Crippen LogP contribution in [0, 0.1) is 0 Å². The number of unbranched alkanes of at least 4 members (excludes halogenated alkanes) is 1. The first-order valence-corrected chi connectivity index (χ1v) is 12.0. The molecule has 0 aliphatic carbocycles. The third kappa shape index (κ3) is 5.54. The van der Waals surface area contributed by atoms with Gasteiger partial charge in [0.15, 0.2) is 0 Å². The van der Waals surface area contributed by atoms with Gasteiger partial charge in [-0.05, 0) is 56.4 Å². The molecule has 3 aromatic rings. The van der Waals surface area contributed by atoms with Crippen molar-refractivity contribution in [3.05, 3.63) is 87.6 Å². The van der Waals surface area contributed by atoms with Crippen LogP contribution in [0.1, 0.15) is 38.5 Å². The van der Waals surface area contributed by atoms with Gasteiger partial charge in [-0.15, -0.1) is 0 Å². The normalized spacial score (nSPS) is 14.4. The standard InChI is InChI=1S/C27H32N4O3/c1-34-20-12-9-17-24(29-18-10-4-11-19-29)28-25-21-26(32)31(23-15-7-3-8-16-23)27(33)30(25)22-13-5-2-6-14-22/h2-3,5-8,13-16,21H,4,9-12,17-20H2,1H3/b28-24-. The number of hydrogen-bond acceptors (Lipinski definition) is 4. The quantitative estimate of drug-likeness (QED) is 0.285. The molecule has 2 aromatic carbocycles. The second-order valence-corrected chi connectivity index (χ2v) is 8.49. The molecule has 34 heavy (non-hydrogen) atoms. The predicted octanol–water partition coefficient (Wildman–Crippen LogP) is 4.32. The van der Waals surface area contributed by atoms with Gasteiger partial charge in [0, 0.05) is 39.3 Å². The number of piperidine rings is 1. The Labute approximate surface area is 200 Å². The molecule has 0 spiro atoms. The van der Waals surface area contributed by atoms with E-state index in [-0.39, 0.29) is 5.56 Å². The molecule has 1 aliphatic heterocycles. The fourth-order valence-electron chi connectivity index (χ4n) is 4.35. The molecule has 4 rings (SSSR count). The van der Waals surface area contributed by atoms with Gasteiger partial charge >= 0.3 is 5.69 Å². The second-order valence-electron chi connectivity index (χ2n) is 8.49. The summed E-state index contributed by atoms with van der Waals surface area (Å²) in [5.41, 5.74) is 0.391. The Morgan fingerprint density at radius 1 is 0.853 bits per heavy atom. The van der Waals surface area contributed by atoms with Gasteiger partial charge < -0.3 is 9.64 Å². The lowest BCUT2D eigenvalue weighted by Gasteiger charge is -2.30. The van der Waals surface area contributed by atoms with E-state index in [9.17, 15) is 9.59 Å². The van der Waals surface area contributed by atoms with Crippen LogP contribution in [0.3, 0.4) is 0 Å². The third-order valence-electron chi connectivity index (χ3n) is 6.08. The zero-order chi connectivity index (χ0) is 23.8. The van der Waals surface area contributed by atoms with Gasteiger partial charge in [-0.25, -0.2) is 18.9 Å². The van der Waals surface area contributed by atoms with Gasteiger partial charge in [0.1, 0.15) is 11.7 Å². The summed E-state index contributed by atoms with van der Waals surface area (Å²) in [5, 5.41) is 0. The fourth-order valence-corrected chi connectivity index (χ4v) is 4.35. The zero-order valence-electron chi connectivity index (χ0n) is 19.7. The number of amidine groups is 1. The van der Waals surface area contributed by atoms with Crippen molar-refractivity contribution in [1.82, 2.24) is 14.0 Å². The van der Waals surface area contributed by atoms with Crippen molar-refractivity contribution in [3.8, 4) is 11.4 Å². The summed E-state index contributed by atoms with van der Waals surface area (Å²) in [4.78, 5) is 34.1. The Bertz CT molecular complexity index is 1210. The second kappa shape index (κ2) is 11.6. The highest BCUT2D eigenvalue weighted by Crippen LogP contribution is 2.20. The maximum absolute atomic E-state index is 13.7. The molecule has 0 bridgehead atoms. The average Bonchev–Trinajstić information content (AvgIpc) is 2.87. The van der Waals surface area contributed by atoms with Crippen LogP contribution in [0.25, 0.3) is 11.4 Å². The number of benzene rings is 2. The molecule has 0 unspecified atom stereocenters. The van der Waals surface area contributed by atoms with Crippen molar-refractivity contribution < 1.29 is 4.74 Å². The molecule has 1 fully saturated rings. The monoisotopic (exact) mass is 460 g/mol. The number of hydrogen-bond donors (Lipinski definition) is 0. The fraction of sp³-hybridized carbons (Fsp3) is 0.370. The minimum absolute atomic E-state index is 0.362. The maximum Gasteiger partial charge on any atom is 0.341 e. The minimum atomic E-state index is -0.430. The SMILES string of the molecule is COCCCC/C(=N/c1cc(=O)n(-c2ccccc2)c(=O)n1-c1ccccc1)N1CCCCC1. The topological polar surface area (TPSA) is 68.8 Å². The number of para-hydroxylation sites is 2. The van der Waals surface area contributed by atoms with Gasteiger partial charge in [0.05, 0.1) is 11.4 Å². The van der Waals surface area contributed by atoms with E-state index in [1.54, 1.807) is 19.2 Å². The number of aromatic nitrogens is 2. The van der Waals surface area contributed by atoms with E-state index in [0.29, 0.717) is 23.8 Å². The molecule has 2 heterocycles. The number of ether oxygens (including phenoxy) is 1. The summed E-state index contributed by atoms with van der Waals surface area (Å²) >= 11 is 0. The Kier molecular flexibility index (Phi) is 8.09. The van der Waals surface area contributed by atoms with Gasteiger partial charge in [-0.2, -0.15) is 0 Å². The van der Waals surface area contributed by atoms with E-state index in [4.69, 9.17) is 9.73 Å². The Balaban J connectivity index is 1.85. The number of likely N-dealkylation sites (tertiary alicyclic amines) is 1. The van der Waals surface area contributed by atoms with Gasteiger partial charge in [-0.1, -0.05) is 36.4 Å². The molecule has 0 saturated carbocycles. The van der Waals surface area contributed by atoms with Crippen LogP contribution in [0.2, 0.25) is 0 Å². The van der Waals surface area contributed by atoms with E-state index in [2.05, 4.69) is 4.90 Å². The largest absolute Gasteiger partial charge is 0.385 e. The van der Waals surface area contributed by atoms with Crippen LogP contribution in [0.4, 0.5) is 5.82 Å².